The molecule has 0 spiro atoms. The topological polar surface area (TPSA) is 75.6 Å². The number of benzene rings is 1. The first-order valence-electron chi connectivity index (χ1n) is 10.2. The average Bonchev–Trinajstić information content (AvgIpc) is 3.29. The van der Waals surface area contributed by atoms with Crippen molar-refractivity contribution < 1.29 is 14.3 Å². The minimum Gasteiger partial charge on any atom is -0.376 e. The Balaban J connectivity index is 1.39. The van der Waals surface area contributed by atoms with E-state index in [1.807, 2.05) is 17.0 Å². The van der Waals surface area contributed by atoms with E-state index in [2.05, 4.69) is 22.1 Å². The van der Waals surface area contributed by atoms with Gasteiger partial charge in [-0.1, -0.05) is 24.3 Å². The van der Waals surface area contributed by atoms with Gasteiger partial charge < -0.3 is 14.5 Å². The van der Waals surface area contributed by atoms with Crippen molar-refractivity contribution in [2.45, 2.75) is 38.3 Å². The van der Waals surface area contributed by atoms with Gasteiger partial charge >= 0.3 is 0 Å². The molecule has 0 saturated carbocycles. The highest BCUT2D eigenvalue weighted by molar-refractivity contribution is 5.92. The predicted molar refractivity (Wildman–Crippen MR) is 107 cm³/mol. The molecule has 29 heavy (non-hydrogen) atoms. The fraction of sp³-hybridized carbons (Fsp3) is 0.455. The van der Waals surface area contributed by atoms with Crippen molar-refractivity contribution in [2.24, 2.45) is 0 Å². The second kappa shape index (κ2) is 9.13. The summed E-state index contributed by atoms with van der Waals surface area (Å²) in [6.07, 6.45) is 7.64. The number of carbonyl (C=O) groups is 2. The summed E-state index contributed by atoms with van der Waals surface area (Å²) in [5.41, 5.74) is 2.82. The Labute approximate surface area is 170 Å². The summed E-state index contributed by atoms with van der Waals surface area (Å²) in [7, 11) is 0. The first-order chi connectivity index (χ1) is 14.2. The Morgan fingerprint density at radius 3 is 2.83 bits per heavy atom. The number of hydrogen-bond acceptors (Lipinski definition) is 5. The van der Waals surface area contributed by atoms with Crippen LogP contribution in [0.25, 0.3) is 0 Å². The van der Waals surface area contributed by atoms with Crippen LogP contribution in [0.15, 0.2) is 42.9 Å². The van der Waals surface area contributed by atoms with Gasteiger partial charge in [-0.2, -0.15) is 0 Å². The molecule has 0 unspecified atom stereocenters. The van der Waals surface area contributed by atoms with Crippen LogP contribution in [0.2, 0.25) is 0 Å². The molecular weight excluding hydrogens is 368 g/mol. The van der Waals surface area contributed by atoms with E-state index in [-0.39, 0.29) is 17.9 Å². The zero-order valence-electron chi connectivity index (χ0n) is 16.5. The van der Waals surface area contributed by atoms with Crippen LogP contribution in [0.5, 0.6) is 0 Å². The lowest BCUT2D eigenvalue weighted by Gasteiger charge is -2.30. The number of rotatable bonds is 6. The van der Waals surface area contributed by atoms with E-state index in [9.17, 15) is 9.59 Å². The number of amides is 2. The molecule has 7 heteroatoms. The van der Waals surface area contributed by atoms with Gasteiger partial charge in [0.05, 0.1) is 12.3 Å². The van der Waals surface area contributed by atoms with E-state index >= 15 is 0 Å². The molecule has 1 aromatic heterocycles. The summed E-state index contributed by atoms with van der Waals surface area (Å²) >= 11 is 0. The molecule has 0 bridgehead atoms. The van der Waals surface area contributed by atoms with Gasteiger partial charge in [-0.15, -0.1) is 0 Å². The van der Waals surface area contributed by atoms with Crippen molar-refractivity contribution in [3.63, 3.8) is 0 Å². The van der Waals surface area contributed by atoms with Crippen molar-refractivity contribution in [3.8, 4) is 0 Å². The summed E-state index contributed by atoms with van der Waals surface area (Å²) in [4.78, 5) is 37.5. The molecule has 0 radical (unpaired) electrons. The highest BCUT2D eigenvalue weighted by atomic mass is 16.5. The molecule has 2 amide bonds. The third kappa shape index (κ3) is 4.79. The third-order valence-electron chi connectivity index (χ3n) is 5.60. The minimum absolute atomic E-state index is 0.0209. The second-order valence-corrected chi connectivity index (χ2v) is 7.56. The quantitative estimate of drug-likeness (QED) is 0.750. The van der Waals surface area contributed by atoms with Gasteiger partial charge in [-0.05, 0) is 30.4 Å². The Hall–Kier alpha value is -2.80. The molecule has 1 fully saturated rings. The summed E-state index contributed by atoms with van der Waals surface area (Å²) < 4.78 is 5.71. The molecular formula is C22H26N4O3. The van der Waals surface area contributed by atoms with Crippen molar-refractivity contribution in [1.29, 1.82) is 0 Å². The largest absolute Gasteiger partial charge is 0.376 e. The normalized spacial score (nSPS) is 18.3. The van der Waals surface area contributed by atoms with E-state index in [1.165, 1.54) is 23.5 Å². The van der Waals surface area contributed by atoms with Crippen LogP contribution in [0, 0.1) is 0 Å². The molecule has 2 aromatic rings. The fourth-order valence-corrected chi connectivity index (χ4v) is 3.98. The molecule has 1 atom stereocenters. The van der Waals surface area contributed by atoms with E-state index in [0.717, 1.165) is 32.4 Å². The molecule has 4 rings (SSSR count). The standard InChI is InChI=1S/C22H26N4O3/c27-21(25-11-7-17-4-1-2-5-18(17)15-25)8-12-26(16-19-6-3-13-29-19)22(28)20-14-23-9-10-24-20/h1-2,4-5,9-10,14,19H,3,6-8,11-13,15-16H2/t19-/m1/s1. The maximum absolute atomic E-state index is 12.9. The molecule has 1 aromatic carbocycles. The predicted octanol–water partition coefficient (Wildman–Crippen LogP) is 2.07. The Morgan fingerprint density at radius 1 is 1.21 bits per heavy atom. The number of hydrogen-bond donors (Lipinski definition) is 0. The number of aromatic nitrogens is 2. The highest BCUT2D eigenvalue weighted by Gasteiger charge is 2.26. The lowest BCUT2D eigenvalue weighted by Crippen LogP contribution is -2.42. The van der Waals surface area contributed by atoms with Crippen LogP contribution >= 0.6 is 0 Å². The van der Waals surface area contributed by atoms with Gasteiger partial charge in [0.2, 0.25) is 5.91 Å². The lowest BCUT2D eigenvalue weighted by atomic mass is 10.00. The van der Waals surface area contributed by atoms with Crippen molar-refractivity contribution in [3.05, 3.63) is 59.7 Å². The van der Waals surface area contributed by atoms with Crippen LogP contribution in [0.3, 0.4) is 0 Å². The van der Waals surface area contributed by atoms with Crippen LogP contribution in [-0.2, 0) is 22.5 Å². The van der Waals surface area contributed by atoms with Gasteiger partial charge in [0.25, 0.3) is 5.91 Å². The Bertz CT molecular complexity index is 852. The van der Waals surface area contributed by atoms with Gasteiger partial charge in [0, 0.05) is 51.6 Å². The zero-order valence-corrected chi connectivity index (χ0v) is 16.5. The second-order valence-electron chi connectivity index (χ2n) is 7.56. The van der Waals surface area contributed by atoms with Gasteiger partial charge in [-0.25, -0.2) is 4.98 Å². The van der Waals surface area contributed by atoms with Crippen LogP contribution in [0.4, 0.5) is 0 Å². The maximum atomic E-state index is 12.9. The molecule has 152 valence electrons. The molecule has 7 nitrogen and oxygen atoms in total. The summed E-state index contributed by atoms with van der Waals surface area (Å²) in [6, 6.07) is 8.25. The first-order valence-corrected chi connectivity index (χ1v) is 10.2. The lowest BCUT2D eigenvalue weighted by molar-refractivity contribution is -0.132. The molecule has 0 aliphatic carbocycles. The van der Waals surface area contributed by atoms with E-state index in [0.29, 0.717) is 31.7 Å². The minimum atomic E-state index is -0.203. The molecule has 0 N–H and O–H groups in total. The van der Waals surface area contributed by atoms with Gasteiger partial charge in [0.1, 0.15) is 5.69 Å². The molecule has 2 aliphatic rings. The first kappa shape index (κ1) is 19.5. The average molecular weight is 394 g/mol. The zero-order chi connectivity index (χ0) is 20.1. The Kier molecular flexibility index (Phi) is 6.14. The number of carbonyl (C=O) groups excluding carboxylic acids is 2. The van der Waals surface area contributed by atoms with E-state index in [1.54, 1.807) is 11.1 Å². The van der Waals surface area contributed by atoms with E-state index in [4.69, 9.17) is 4.74 Å². The summed E-state index contributed by atoms with van der Waals surface area (Å²) in [5.74, 6) is -0.130. The highest BCUT2D eigenvalue weighted by Crippen LogP contribution is 2.20. The smallest absolute Gasteiger partial charge is 0.274 e. The molecule has 1 saturated heterocycles. The van der Waals surface area contributed by atoms with Crippen molar-refractivity contribution >= 4 is 11.8 Å². The van der Waals surface area contributed by atoms with Crippen LogP contribution in [0.1, 0.15) is 40.9 Å². The van der Waals surface area contributed by atoms with Gasteiger partial charge in [0.15, 0.2) is 0 Å². The molecule has 2 aliphatic heterocycles. The summed E-state index contributed by atoms with van der Waals surface area (Å²) in [6.45, 7) is 2.92. The van der Waals surface area contributed by atoms with Crippen molar-refractivity contribution in [2.75, 3.05) is 26.2 Å². The fourth-order valence-electron chi connectivity index (χ4n) is 3.98. The SMILES string of the molecule is O=C(CCN(C[C@H]1CCCO1)C(=O)c1cnccn1)N1CCc2ccccc2C1. The number of fused-ring (bicyclic) bond motifs is 1. The number of nitrogens with zero attached hydrogens (tertiary/aromatic N) is 4. The van der Waals surface area contributed by atoms with E-state index < -0.39 is 0 Å². The molecule has 3 heterocycles. The van der Waals surface area contributed by atoms with Gasteiger partial charge in [-0.3, -0.25) is 14.6 Å². The third-order valence-corrected chi connectivity index (χ3v) is 5.60. The van der Waals surface area contributed by atoms with Crippen LogP contribution < -0.4 is 0 Å². The Morgan fingerprint density at radius 2 is 2.07 bits per heavy atom. The monoisotopic (exact) mass is 394 g/mol. The maximum Gasteiger partial charge on any atom is 0.274 e. The van der Waals surface area contributed by atoms with Crippen molar-refractivity contribution in [1.82, 2.24) is 19.8 Å². The van der Waals surface area contributed by atoms with Crippen LogP contribution in [-0.4, -0.2) is 63.9 Å². The number of ether oxygens (including phenoxy) is 1. The summed E-state index contributed by atoms with van der Waals surface area (Å²) in [5, 5.41) is 0.